The average molecular weight is 320 g/mol. The van der Waals surface area contributed by atoms with Crippen molar-refractivity contribution in [3.05, 3.63) is 23.5 Å². The molecule has 1 aromatic rings. The molecule has 2 unspecified atom stereocenters. The number of rotatable bonds is 4. The zero-order chi connectivity index (χ0) is 14.9. The predicted molar refractivity (Wildman–Crippen MR) is 76.1 cm³/mol. The monoisotopic (exact) mass is 319 g/mol. The van der Waals surface area contributed by atoms with Crippen LogP contribution in [0, 0.1) is 0 Å². The van der Waals surface area contributed by atoms with E-state index in [-0.39, 0.29) is 22.5 Å². The van der Waals surface area contributed by atoms with Gasteiger partial charge in [-0.3, -0.25) is 4.98 Å². The lowest BCUT2D eigenvalue weighted by Crippen LogP contribution is -2.41. The number of nitrogens with zero attached hydrogens (tertiary/aromatic N) is 3. The van der Waals surface area contributed by atoms with Crippen molar-refractivity contribution in [2.45, 2.75) is 23.5 Å². The average Bonchev–Trinajstić information content (AvgIpc) is 2.70. The van der Waals surface area contributed by atoms with E-state index in [0.717, 1.165) is 0 Å². The number of pyridine rings is 1. The number of β-amino-alcohol motifs (C(OH)–C–C–N with tert-alkyl or cyclic N) is 1. The van der Waals surface area contributed by atoms with E-state index < -0.39 is 16.1 Å². The van der Waals surface area contributed by atoms with Gasteiger partial charge in [-0.05, 0) is 26.6 Å². The van der Waals surface area contributed by atoms with Crippen molar-refractivity contribution in [2.24, 2.45) is 0 Å². The zero-order valence-corrected chi connectivity index (χ0v) is 13.0. The summed E-state index contributed by atoms with van der Waals surface area (Å²) in [7, 11) is -0.00964. The Bertz CT molecular complexity index is 579. The lowest BCUT2D eigenvalue weighted by atomic mass is 10.2. The van der Waals surface area contributed by atoms with Crippen LogP contribution in [0.25, 0.3) is 0 Å². The number of likely N-dealkylation sites (N-methyl/N-ethyl adjacent to an activating group) is 1. The summed E-state index contributed by atoms with van der Waals surface area (Å²) < 4.78 is 26.6. The lowest BCUT2D eigenvalue weighted by molar-refractivity contribution is 0.188. The Morgan fingerprint density at radius 1 is 1.55 bits per heavy atom. The van der Waals surface area contributed by atoms with E-state index in [9.17, 15) is 13.5 Å². The van der Waals surface area contributed by atoms with Gasteiger partial charge in [-0.25, -0.2) is 8.42 Å². The Morgan fingerprint density at radius 3 is 2.85 bits per heavy atom. The molecule has 0 aromatic carbocycles. The normalized spacial score (nSPS) is 24.4. The van der Waals surface area contributed by atoms with Crippen molar-refractivity contribution in [3.8, 4) is 0 Å². The number of aromatic nitrogens is 1. The molecule has 112 valence electrons. The summed E-state index contributed by atoms with van der Waals surface area (Å²) >= 11 is 5.96. The molecule has 1 aliphatic rings. The molecule has 8 heteroatoms. The smallest absolute Gasteiger partial charge is 0.246 e. The molecule has 0 spiro atoms. The number of sulfonamides is 1. The minimum atomic E-state index is -3.74. The molecule has 0 radical (unpaired) electrons. The van der Waals surface area contributed by atoms with Gasteiger partial charge in [0.15, 0.2) is 0 Å². The summed E-state index contributed by atoms with van der Waals surface area (Å²) in [6.45, 7) is 0.639. The third kappa shape index (κ3) is 3.12. The van der Waals surface area contributed by atoms with Crippen molar-refractivity contribution in [1.29, 1.82) is 0 Å². The highest BCUT2D eigenvalue weighted by molar-refractivity contribution is 7.89. The molecular formula is C12H18ClN3O3S. The van der Waals surface area contributed by atoms with E-state index in [2.05, 4.69) is 4.98 Å². The molecule has 0 bridgehead atoms. The lowest BCUT2D eigenvalue weighted by Gasteiger charge is -2.26. The van der Waals surface area contributed by atoms with Gasteiger partial charge in [-0.2, -0.15) is 4.31 Å². The first-order valence-corrected chi connectivity index (χ1v) is 8.08. The van der Waals surface area contributed by atoms with Crippen LogP contribution < -0.4 is 0 Å². The highest BCUT2D eigenvalue weighted by Crippen LogP contribution is 2.29. The SMILES string of the molecule is CN(C)CC1CC(O)CN1S(=O)(=O)c1cnccc1Cl. The highest BCUT2D eigenvalue weighted by Gasteiger charge is 2.40. The fraction of sp³-hybridized carbons (Fsp3) is 0.583. The van der Waals surface area contributed by atoms with E-state index in [1.165, 1.54) is 22.8 Å². The summed E-state index contributed by atoms with van der Waals surface area (Å²) in [5.41, 5.74) is 0. The number of hydrogen-bond donors (Lipinski definition) is 1. The second-order valence-corrected chi connectivity index (χ2v) is 7.45. The molecule has 1 aromatic heterocycles. The van der Waals surface area contributed by atoms with Gasteiger partial charge in [-0.1, -0.05) is 11.6 Å². The highest BCUT2D eigenvalue weighted by atomic mass is 35.5. The van der Waals surface area contributed by atoms with Gasteiger partial charge in [-0.15, -0.1) is 0 Å². The molecule has 1 N–H and O–H groups in total. The van der Waals surface area contributed by atoms with Crippen LogP contribution in [-0.4, -0.2) is 67.0 Å². The summed E-state index contributed by atoms with van der Waals surface area (Å²) in [4.78, 5) is 5.71. The number of aliphatic hydroxyl groups excluding tert-OH is 1. The first-order chi connectivity index (χ1) is 9.32. The Kier molecular flexibility index (Phi) is 4.66. The van der Waals surface area contributed by atoms with Crippen LogP contribution in [0.4, 0.5) is 0 Å². The summed E-state index contributed by atoms with van der Waals surface area (Å²) in [5, 5.41) is 9.93. The van der Waals surface area contributed by atoms with Crippen molar-refractivity contribution in [1.82, 2.24) is 14.2 Å². The van der Waals surface area contributed by atoms with Crippen LogP contribution in [-0.2, 0) is 10.0 Å². The molecule has 0 aliphatic carbocycles. The maximum Gasteiger partial charge on any atom is 0.246 e. The molecule has 1 aliphatic heterocycles. The third-order valence-corrected chi connectivity index (χ3v) is 5.63. The molecule has 0 saturated carbocycles. The van der Waals surface area contributed by atoms with Gasteiger partial charge < -0.3 is 10.0 Å². The van der Waals surface area contributed by atoms with Crippen LogP contribution in [0.2, 0.25) is 5.02 Å². The summed E-state index contributed by atoms with van der Waals surface area (Å²) in [5.74, 6) is 0. The van der Waals surface area contributed by atoms with Crippen LogP contribution in [0.3, 0.4) is 0 Å². The quantitative estimate of drug-likeness (QED) is 0.870. The summed E-state index contributed by atoms with van der Waals surface area (Å²) in [6.07, 6.45) is 2.46. The molecule has 6 nitrogen and oxygen atoms in total. The van der Waals surface area contributed by atoms with Gasteiger partial charge in [0.05, 0.1) is 11.1 Å². The van der Waals surface area contributed by atoms with E-state index in [4.69, 9.17) is 11.6 Å². The molecule has 2 heterocycles. The number of hydrogen-bond acceptors (Lipinski definition) is 5. The van der Waals surface area contributed by atoms with E-state index in [1.54, 1.807) is 0 Å². The maximum atomic E-state index is 12.7. The molecule has 2 atom stereocenters. The van der Waals surface area contributed by atoms with Crippen molar-refractivity contribution in [2.75, 3.05) is 27.2 Å². The Labute approximate surface area is 124 Å². The van der Waals surface area contributed by atoms with Gasteiger partial charge in [0.25, 0.3) is 0 Å². The first kappa shape index (κ1) is 15.7. The fourth-order valence-electron chi connectivity index (χ4n) is 2.42. The second-order valence-electron chi connectivity index (χ2n) is 5.19. The number of halogens is 1. The molecule has 20 heavy (non-hydrogen) atoms. The standard InChI is InChI=1S/C12H18ClN3O3S/c1-15(2)7-9-5-10(17)8-16(9)20(18,19)12-6-14-4-3-11(12)13/h3-4,6,9-10,17H,5,7-8H2,1-2H3. The van der Waals surface area contributed by atoms with Crippen molar-refractivity contribution >= 4 is 21.6 Å². The molecule has 1 fully saturated rings. The second kappa shape index (κ2) is 5.95. The Hall–Kier alpha value is -0.730. The Balaban J connectivity index is 2.35. The van der Waals surface area contributed by atoms with E-state index >= 15 is 0 Å². The van der Waals surface area contributed by atoms with Gasteiger partial charge >= 0.3 is 0 Å². The summed E-state index contributed by atoms with van der Waals surface area (Å²) in [6, 6.07) is 1.18. The van der Waals surface area contributed by atoms with E-state index in [0.29, 0.717) is 13.0 Å². The van der Waals surface area contributed by atoms with Gasteiger partial charge in [0, 0.05) is 31.5 Å². The third-order valence-electron chi connectivity index (χ3n) is 3.24. The zero-order valence-electron chi connectivity index (χ0n) is 11.4. The fourth-order valence-corrected chi connectivity index (χ4v) is 4.50. The largest absolute Gasteiger partial charge is 0.392 e. The first-order valence-electron chi connectivity index (χ1n) is 6.26. The van der Waals surface area contributed by atoms with Gasteiger partial charge in [0.1, 0.15) is 4.90 Å². The van der Waals surface area contributed by atoms with Crippen LogP contribution in [0.1, 0.15) is 6.42 Å². The topological polar surface area (TPSA) is 73.7 Å². The van der Waals surface area contributed by atoms with Crippen molar-refractivity contribution in [3.63, 3.8) is 0 Å². The van der Waals surface area contributed by atoms with E-state index in [1.807, 2.05) is 19.0 Å². The maximum absolute atomic E-state index is 12.7. The van der Waals surface area contributed by atoms with Crippen LogP contribution >= 0.6 is 11.6 Å². The molecule has 0 amide bonds. The minimum absolute atomic E-state index is 0.0143. The molecule has 1 saturated heterocycles. The molecule has 2 rings (SSSR count). The van der Waals surface area contributed by atoms with Crippen LogP contribution in [0.15, 0.2) is 23.4 Å². The Morgan fingerprint density at radius 2 is 2.25 bits per heavy atom. The predicted octanol–water partition coefficient (Wildman–Crippen LogP) is 0.421. The van der Waals surface area contributed by atoms with Crippen LogP contribution in [0.5, 0.6) is 0 Å². The molecular weight excluding hydrogens is 302 g/mol. The minimum Gasteiger partial charge on any atom is -0.392 e. The van der Waals surface area contributed by atoms with Crippen molar-refractivity contribution < 1.29 is 13.5 Å². The number of aliphatic hydroxyl groups is 1. The van der Waals surface area contributed by atoms with Gasteiger partial charge in [0.2, 0.25) is 10.0 Å².